The molecule has 3 N–H and O–H groups in total. The molecule has 2 atom stereocenters. The molecule has 2 aromatic rings. The fourth-order valence-corrected chi connectivity index (χ4v) is 1.96. The molecule has 102 valence electrons. The normalized spacial score (nSPS) is 14.3. The minimum atomic E-state index is -0.497. The SMILES string of the molecule is CC[C@H](C)[C@@H](O)CNC(=O)c1ccc2cc[nH]c2c1. The van der Waals surface area contributed by atoms with E-state index in [2.05, 4.69) is 10.3 Å². The lowest BCUT2D eigenvalue weighted by atomic mass is 10.0. The highest BCUT2D eigenvalue weighted by Gasteiger charge is 2.14. The van der Waals surface area contributed by atoms with E-state index < -0.39 is 6.10 Å². The van der Waals surface area contributed by atoms with Crippen LogP contribution in [0.3, 0.4) is 0 Å². The summed E-state index contributed by atoms with van der Waals surface area (Å²) >= 11 is 0. The van der Waals surface area contributed by atoms with Crippen molar-refractivity contribution in [3.63, 3.8) is 0 Å². The molecule has 0 saturated heterocycles. The molecule has 0 spiro atoms. The van der Waals surface area contributed by atoms with E-state index in [0.29, 0.717) is 5.56 Å². The number of fused-ring (bicyclic) bond motifs is 1. The van der Waals surface area contributed by atoms with Crippen molar-refractivity contribution in [1.29, 1.82) is 0 Å². The average molecular weight is 260 g/mol. The van der Waals surface area contributed by atoms with Crippen LogP contribution < -0.4 is 5.32 Å². The van der Waals surface area contributed by atoms with Gasteiger partial charge in [0.1, 0.15) is 0 Å². The maximum absolute atomic E-state index is 12.0. The number of rotatable bonds is 5. The summed E-state index contributed by atoms with van der Waals surface area (Å²) in [6, 6.07) is 7.48. The Kier molecular flexibility index (Phi) is 4.22. The van der Waals surface area contributed by atoms with Crippen LogP contribution in [0.25, 0.3) is 10.9 Å². The monoisotopic (exact) mass is 260 g/mol. The average Bonchev–Trinajstić information content (AvgIpc) is 2.90. The van der Waals surface area contributed by atoms with E-state index in [1.807, 2.05) is 38.2 Å². The third kappa shape index (κ3) is 3.15. The standard InChI is InChI=1S/C15H20N2O2/c1-3-10(2)14(18)9-17-15(19)12-5-4-11-6-7-16-13(11)8-12/h4-8,10,14,16,18H,3,9H2,1-2H3,(H,17,19)/t10-,14-/m0/s1. The van der Waals surface area contributed by atoms with Gasteiger partial charge >= 0.3 is 0 Å². The van der Waals surface area contributed by atoms with Crippen molar-refractivity contribution in [2.24, 2.45) is 5.92 Å². The smallest absolute Gasteiger partial charge is 0.251 e. The third-order valence-corrected chi connectivity index (χ3v) is 3.59. The number of carbonyl (C=O) groups excluding carboxylic acids is 1. The lowest BCUT2D eigenvalue weighted by Gasteiger charge is -2.17. The van der Waals surface area contributed by atoms with Gasteiger partial charge in [-0.1, -0.05) is 26.3 Å². The first-order chi connectivity index (χ1) is 9.11. The van der Waals surface area contributed by atoms with Gasteiger partial charge in [0.25, 0.3) is 5.91 Å². The van der Waals surface area contributed by atoms with Crippen molar-refractivity contribution in [2.45, 2.75) is 26.4 Å². The lowest BCUT2D eigenvalue weighted by molar-refractivity contribution is 0.0850. The Balaban J connectivity index is 1.99. The van der Waals surface area contributed by atoms with Gasteiger partial charge in [-0.3, -0.25) is 4.79 Å². The molecule has 1 amide bonds. The molecule has 2 rings (SSSR count). The Labute approximate surface area is 112 Å². The second-order valence-electron chi connectivity index (χ2n) is 4.94. The number of benzene rings is 1. The number of amides is 1. The molecule has 1 aromatic carbocycles. The lowest BCUT2D eigenvalue weighted by Crippen LogP contribution is -2.35. The molecule has 4 nitrogen and oxygen atoms in total. The molecule has 1 aromatic heterocycles. The third-order valence-electron chi connectivity index (χ3n) is 3.59. The first-order valence-corrected chi connectivity index (χ1v) is 6.65. The van der Waals surface area contributed by atoms with Gasteiger partial charge in [-0.15, -0.1) is 0 Å². The van der Waals surface area contributed by atoms with Crippen LogP contribution in [0.1, 0.15) is 30.6 Å². The number of aliphatic hydroxyl groups excluding tert-OH is 1. The summed E-state index contributed by atoms with van der Waals surface area (Å²) in [5, 5.41) is 13.7. The number of hydrogen-bond donors (Lipinski definition) is 3. The fourth-order valence-electron chi connectivity index (χ4n) is 1.96. The van der Waals surface area contributed by atoms with Crippen molar-refractivity contribution >= 4 is 16.8 Å². The topological polar surface area (TPSA) is 65.1 Å². The molecule has 1 heterocycles. The van der Waals surface area contributed by atoms with E-state index in [1.54, 1.807) is 6.07 Å². The molecular weight excluding hydrogens is 240 g/mol. The number of aliphatic hydroxyl groups is 1. The fraction of sp³-hybridized carbons (Fsp3) is 0.400. The number of aromatic nitrogens is 1. The quantitative estimate of drug-likeness (QED) is 0.772. The molecule has 0 saturated carbocycles. The summed E-state index contributed by atoms with van der Waals surface area (Å²) in [6.45, 7) is 4.29. The highest BCUT2D eigenvalue weighted by molar-refractivity contribution is 5.97. The molecule has 0 fully saturated rings. The number of nitrogens with one attached hydrogen (secondary N) is 2. The zero-order chi connectivity index (χ0) is 13.8. The molecule has 0 aliphatic heterocycles. The second kappa shape index (κ2) is 5.89. The van der Waals surface area contributed by atoms with Gasteiger partial charge in [0, 0.05) is 23.8 Å². The van der Waals surface area contributed by atoms with Crippen LogP contribution in [-0.2, 0) is 0 Å². The summed E-state index contributed by atoms with van der Waals surface area (Å²) in [7, 11) is 0. The van der Waals surface area contributed by atoms with Crippen molar-refractivity contribution in [3.8, 4) is 0 Å². The van der Waals surface area contributed by atoms with Gasteiger partial charge < -0.3 is 15.4 Å². The minimum Gasteiger partial charge on any atom is -0.391 e. The molecule has 0 unspecified atom stereocenters. The largest absolute Gasteiger partial charge is 0.391 e. The van der Waals surface area contributed by atoms with Gasteiger partial charge in [-0.2, -0.15) is 0 Å². The maximum atomic E-state index is 12.0. The summed E-state index contributed by atoms with van der Waals surface area (Å²) in [5.74, 6) is 0.0324. The number of hydrogen-bond acceptors (Lipinski definition) is 2. The van der Waals surface area contributed by atoms with Crippen molar-refractivity contribution in [3.05, 3.63) is 36.0 Å². The van der Waals surface area contributed by atoms with Crippen molar-refractivity contribution in [2.75, 3.05) is 6.54 Å². The van der Waals surface area contributed by atoms with Crippen LogP contribution in [0.4, 0.5) is 0 Å². The van der Waals surface area contributed by atoms with E-state index in [1.165, 1.54) is 0 Å². The maximum Gasteiger partial charge on any atom is 0.251 e. The van der Waals surface area contributed by atoms with Crippen LogP contribution in [-0.4, -0.2) is 28.6 Å². The Morgan fingerprint density at radius 2 is 2.21 bits per heavy atom. The molecule has 0 aliphatic rings. The first-order valence-electron chi connectivity index (χ1n) is 6.65. The van der Waals surface area contributed by atoms with Gasteiger partial charge in [-0.05, 0) is 29.5 Å². The minimum absolute atomic E-state index is 0.154. The zero-order valence-electron chi connectivity index (χ0n) is 11.3. The highest BCUT2D eigenvalue weighted by atomic mass is 16.3. The Hall–Kier alpha value is -1.81. The second-order valence-corrected chi connectivity index (χ2v) is 4.94. The van der Waals surface area contributed by atoms with Crippen LogP contribution >= 0.6 is 0 Å². The van der Waals surface area contributed by atoms with E-state index in [0.717, 1.165) is 17.3 Å². The van der Waals surface area contributed by atoms with E-state index in [-0.39, 0.29) is 18.4 Å². The van der Waals surface area contributed by atoms with E-state index in [9.17, 15) is 9.90 Å². The molecule has 4 heteroatoms. The van der Waals surface area contributed by atoms with E-state index in [4.69, 9.17) is 0 Å². The van der Waals surface area contributed by atoms with Crippen LogP contribution in [0.15, 0.2) is 30.5 Å². The molecule has 0 bridgehead atoms. The molecular formula is C15H20N2O2. The summed E-state index contributed by atoms with van der Waals surface area (Å²) < 4.78 is 0. The Bertz CT molecular complexity index is 562. The van der Waals surface area contributed by atoms with E-state index >= 15 is 0 Å². The molecule has 19 heavy (non-hydrogen) atoms. The van der Waals surface area contributed by atoms with Crippen LogP contribution in [0.2, 0.25) is 0 Å². The summed E-state index contributed by atoms with van der Waals surface area (Å²) in [5.41, 5.74) is 1.54. The number of carbonyl (C=O) groups is 1. The Morgan fingerprint density at radius 3 is 2.95 bits per heavy atom. The van der Waals surface area contributed by atoms with Crippen LogP contribution in [0.5, 0.6) is 0 Å². The predicted octanol–water partition coefficient (Wildman–Crippen LogP) is 2.30. The van der Waals surface area contributed by atoms with Gasteiger partial charge in [-0.25, -0.2) is 0 Å². The summed E-state index contributed by atoms with van der Waals surface area (Å²) in [4.78, 5) is 15.1. The highest BCUT2D eigenvalue weighted by Crippen LogP contribution is 2.14. The van der Waals surface area contributed by atoms with Crippen molar-refractivity contribution in [1.82, 2.24) is 10.3 Å². The van der Waals surface area contributed by atoms with Crippen LogP contribution in [0, 0.1) is 5.92 Å². The van der Waals surface area contributed by atoms with Gasteiger partial charge in [0.05, 0.1) is 6.10 Å². The number of aromatic amines is 1. The number of H-pyrrole nitrogens is 1. The Morgan fingerprint density at radius 1 is 1.42 bits per heavy atom. The van der Waals surface area contributed by atoms with Gasteiger partial charge in [0.2, 0.25) is 0 Å². The van der Waals surface area contributed by atoms with Gasteiger partial charge in [0.15, 0.2) is 0 Å². The molecule has 0 aliphatic carbocycles. The summed E-state index contributed by atoms with van der Waals surface area (Å²) in [6.07, 6.45) is 2.24. The predicted molar refractivity (Wildman–Crippen MR) is 76.1 cm³/mol. The zero-order valence-corrected chi connectivity index (χ0v) is 11.3. The molecule has 0 radical (unpaired) electrons. The first kappa shape index (κ1) is 13.6. The van der Waals surface area contributed by atoms with Crippen molar-refractivity contribution < 1.29 is 9.90 Å².